The summed E-state index contributed by atoms with van der Waals surface area (Å²) in [6, 6.07) is 17.9. The molecule has 0 atom stereocenters. The summed E-state index contributed by atoms with van der Waals surface area (Å²) in [6.45, 7) is 7.35. The number of fused-ring (bicyclic) bond motifs is 1. The van der Waals surface area contributed by atoms with E-state index < -0.39 is 0 Å². The van der Waals surface area contributed by atoms with Crippen LogP contribution >= 0.6 is 0 Å². The summed E-state index contributed by atoms with van der Waals surface area (Å²) < 4.78 is 0. The van der Waals surface area contributed by atoms with Crippen LogP contribution in [0.2, 0.25) is 0 Å². The van der Waals surface area contributed by atoms with E-state index in [-0.39, 0.29) is 11.3 Å². The quantitative estimate of drug-likeness (QED) is 0.679. The second-order valence-electron chi connectivity index (χ2n) is 8.41. The molecule has 148 valence electrons. The van der Waals surface area contributed by atoms with Gasteiger partial charge in [-0.1, -0.05) is 51.1 Å². The van der Waals surface area contributed by atoms with E-state index in [0.29, 0.717) is 11.6 Å². The van der Waals surface area contributed by atoms with Crippen LogP contribution in [0.1, 0.15) is 48.8 Å². The molecule has 2 heterocycles. The molecule has 3 aromatic rings. The predicted octanol–water partition coefficient (Wildman–Crippen LogP) is 5.11. The van der Waals surface area contributed by atoms with E-state index in [1.165, 1.54) is 11.1 Å². The van der Waals surface area contributed by atoms with Crippen LogP contribution in [0.4, 0.5) is 17.3 Å². The van der Waals surface area contributed by atoms with Crippen molar-refractivity contribution in [3.8, 4) is 0 Å². The van der Waals surface area contributed by atoms with Crippen LogP contribution in [0.5, 0.6) is 0 Å². The van der Waals surface area contributed by atoms with Crippen LogP contribution in [0.25, 0.3) is 0 Å². The van der Waals surface area contributed by atoms with Gasteiger partial charge in [-0.15, -0.1) is 0 Å². The fourth-order valence-corrected chi connectivity index (χ4v) is 3.59. The number of aryl methyl sites for hydroxylation is 1. The van der Waals surface area contributed by atoms with Gasteiger partial charge in [0.25, 0.3) is 5.91 Å². The molecule has 1 N–H and O–H groups in total. The van der Waals surface area contributed by atoms with Crippen LogP contribution in [0, 0.1) is 0 Å². The first-order valence-electron chi connectivity index (χ1n) is 10.0. The van der Waals surface area contributed by atoms with Gasteiger partial charge >= 0.3 is 0 Å². The smallest absolute Gasteiger partial charge is 0.274 e. The van der Waals surface area contributed by atoms with Crippen molar-refractivity contribution in [3.05, 3.63) is 77.6 Å². The zero-order valence-electron chi connectivity index (χ0n) is 17.1. The normalized spacial score (nSPS) is 13.7. The first kappa shape index (κ1) is 19.1. The van der Waals surface area contributed by atoms with Gasteiger partial charge in [-0.2, -0.15) is 0 Å². The molecule has 4 rings (SSSR count). The Morgan fingerprint density at radius 3 is 2.55 bits per heavy atom. The summed E-state index contributed by atoms with van der Waals surface area (Å²) in [4.78, 5) is 23.8. The molecule has 0 bridgehead atoms. The molecule has 5 nitrogen and oxygen atoms in total. The maximum Gasteiger partial charge on any atom is 0.274 e. The molecule has 29 heavy (non-hydrogen) atoms. The Hall–Kier alpha value is -3.21. The Kier molecular flexibility index (Phi) is 5.05. The van der Waals surface area contributed by atoms with Gasteiger partial charge in [0.15, 0.2) is 0 Å². The summed E-state index contributed by atoms with van der Waals surface area (Å²) in [5, 5.41) is 2.94. The van der Waals surface area contributed by atoms with Crippen LogP contribution < -0.4 is 10.2 Å². The van der Waals surface area contributed by atoms with E-state index in [4.69, 9.17) is 0 Å². The number of aromatic nitrogens is 2. The lowest BCUT2D eigenvalue weighted by atomic mass is 9.87. The molecule has 2 aromatic carbocycles. The predicted molar refractivity (Wildman–Crippen MR) is 117 cm³/mol. The highest BCUT2D eigenvalue weighted by Crippen LogP contribution is 2.31. The van der Waals surface area contributed by atoms with Crippen molar-refractivity contribution in [2.45, 2.75) is 39.0 Å². The number of nitrogens with zero attached hydrogens (tertiary/aromatic N) is 3. The highest BCUT2D eigenvalue weighted by Gasteiger charge is 2.21. The fraction of sp³-hybridized carbons (Fsp3) is 0.292. The zero-order valence-corrected chi connectivity index (χ0v) is 17.1. The van der Waals surface area contributed by atoms with Crippen molar-refractivity contribution in [3.63, 3.8) is 0 Å². The summed E-state index contributed by atoms with van der Waals surface area (Å²) >= 11 is 0. The molecule has 0 radical (unpaired) electrons. The maximum atomic E-state index is 12.8. The highest BCUT2D eigenvalue weighted by molar-refractivity contribution is 6.03. The standard InChI is InChI=1S/C24H26N4O/c1-24(2,3)18-10-12-19(13-11-18)26-22(29)20-14-15-25-23(27-20)28-16-6-8-17-7-4-5-9-21(17)28/h4-5,7,9-15H,6,8,16H2,1-3H3,(H,26,29). The van der Waals surface area contributed by atoms with E-state index in [1.54, 1.807) is 12.3 Å². The van der Waals surface area contributed by atoms with Crippen LogP contribution in [-0.4, -0.2) is 22.4 Å². The molecule has 5 heteroatoms. The first-order chi connectivity index (χ1) is 13.9. The van der Waals surface area contributed by atoms with Crippen LogP contribution in [-0.2, 0) is 11.8 Å². The third-order valence-electron chi connectivity index (χ3n) is 5.24. The molecule has 0 aliphatic carbocycles. The molecular weight excluding hydrogens is 360 g/mol. The SMILES string of the molecule is CC(C)(C)c1ccc(NC(=O)c2ccnc(N3CCCc4ccccc43)n2)cc1. The highest BCUT2D eigenvalue weighted by atomic mass is 16.1. The van der Waals surface area contributed by atoms with Gasteiger partial charge < -0.3 is 10.2 Å². The third-order valence-corrected chi connectivity index (χ3v) is 5.24. The summed E-state index contributed by atoms with van der Waals surface area (Å²) in [7, 11) is 0. The molecule has 1 amide bonds. The largest absolute Gasteiger partial charge is 0.321 e. The second-order valence-corrected chi connectivity index (χ2v) is 8.41. The Bertz CT molecular complexity index is 1020. The van der Waals surface area contributed by atoms with Gasteiger partial charge in [0.05, 0.1) is 0 Å². The Labute approximate surface area is 171 Å². The van der Waals surface area contributed by atoms with Crippen molar-refractivity contribution in [1.82, 2.24) is 9.97 Å². The molecule has 0 spiro atoms. The number of benzene rings is 2. The van der Waals surface area contributed by atoms with Crippen molar-refractivity contribution >= 4 is 23.2 Å². The van der Waals surface area contributed by atoms with Crippen molar-refractivity contribution in [2.75, 3.05) is 16.8 Å². The van der Waals surface area contributed by atoms with E-state index in [1.807, 2.05) is 30.3 Å². The topological polar surface area (TPSA) is 58.1 Å². The number of carbonyl (C=O) groups is 1. The number of amides is 1. The molecule has 1 aliphatic heterocycles. The van der Waals surface area contributed by atoms with E-state index in [2.05, 4.69) is 59.2 Å². The van der Waals surface area contributed by atoms with Gasteiger partial charge in [0.1, 0.15) is 5.69 Å². The van der Waals surface area contributed by atoms with Gasteiger partial charge in [-0.25, -0.2) is 9.97 Å². The lowest BCUT2D eigenvalue weighted by molar-refractivity contribution is 0.102. The summed E-state index contributed by atoms with van der Waals surface area (Å²) in [5.74, 6) is 0.329. The van der Waals surface area contributed by atoms with E-state index in [9.17, 15) is 4.79 Å². The number of hydrogen-bond acceptors (Lipinski definition) is 4. The molecule has 1 aromatic heterocycles. The van der Waals surface area contributed by atoms with Gasteiger partial charge in [-0.05, 0) is 53.6 Å². The van der Waals surface area contributed by atoms with Crippen molar-refractivity contribution < 1.29 is 4.79 Å². The first-order valence-corrected chi connectivity index (χ1v) is 10.0. The van der Waals surface area contributed by atoms with Gasteiger partial charge in [-0.3, -0.25) is 4.79 Å². The Balaban J connectivity index is 1.54. The zero-order chi connectivity index (χ0) is 20.4. The van der Waals surface area contributed by atoms with Crippen molar-refractivity contribution in [1.29, 1.82) is 0 Å². The molecule has 0 saturated heterocycles. The summed E-state index contributed by atoms with van der Waals surface area (Å²) in [6.07, 6.45) is 3.74. The van der Waals surface area contributed by atoms with E-state index >= 15 is 0 Å². The average Bonchev–Trinajstić information content (AvgIpc) is 2.73. The Morgan fingerprint density at radius 2 is 1.79 bits per heavy atom. The minimum Gasteiger partial charge on any atom is -0.321 e. The molecule has 0 saturated carbocycles. The molecule has 0 fully saturated rings. The molecular formula is C24H26N4O. The number of rotatable bonds is 3. The number of nitrogens with one attached hydrogen (secondary N) is 1. The number of carbonyl (C=O) groups excluding carboxylic acids is 1. The average molecular weight is 386 g/mol. The lowest BCUT2D eigenvalue weighted by Gasteiger charge is -2.29. The monoisotopic (exact) mass is 386 g/mol. The lowest BCUT2D eigenvalue weighted by Crippen LogP contribution is -2.27. The molecule has 1 aliphatic rings. The third kappa shape index (κ3) is 4.14. The minimum absolute atomic E-state index is 0.0782. The summed E-state index contributed by atoms with van der Waals surface area (Å²) in [5.41, 5.74) is 4.83. The van der Waals surface area contributed by atoms with Crippen LogP contribution in [0.15, 0.2) is 60.8 Å². The molecule has 0 unspecified atom stereocenters. The fourth-order valence-electron chi connectivity index (χ4n) is 3.59. The number of hydrogen-bond donors (Lipinski definition) is 1. The van der Waals surface area contributed by atoms with Gasteiger partial charge in [0, 0.05) is 24.1 Å². The maximum absolute atomic E-state index is 12.8. The Morgan fingerprint density at radius 1 is 1.03 bits per heavy atom. The second kappa shape index (κ2) is 7.66. The number of anilines is 3. The minimum atomic E-state index is -0.234. The van der Waals surface area contributed by atoms with E-state index in [0.717, 1.165) is 30.8 Å². The number of para-hydroxylation sites is 1. The van der Waals surface area contributed by atoms with Crippen LogP contribution in [0.3, 0.4) is 0 Å². The van der Waals surface area contributed by atoms with Gasteiger partial charge in [0.2, 0.25) is 5.95 Å². The van der Waals surface area contributed by atoms with Crippen molar-refractivity contribution in [2.24, 2.45) is 0 Å².